The monoisotopic (exact) mass is 382 g/mol. The van der Waals surface area contributed by atoms with Gasteiger partial charge in [-0.3, -0.25) is 0 Å². The molecule has 2 aromatic carbocycles. The van der Waals surface area contributed by atoms with Crippen molar-refractivity contribution in [3.05, 3.63) is 77.9 Å². The van der Waals surface area contributed by atoms with Gasteiger partial charge in [-0.1, -0.05) is 63.2 Å². The molecule has 3 unspecified atom stereocenters. The number of benzene rings is 2. The summed E-state index contributed by atoms with van der Waals surface area (Å²) in [5, 5.41) is 12.4. The molecule has 3 atom stereocenters. The van der Waals surface area contributed by atoms with E-state index in [1.165, 1.54) is 5.56 Å². The van der Waals surface area contributed by atoms with E-state index in [2.05, 4.69) is 42.5 Å². The van der Waals surface area contributed by atoms with E-state index < -0.39 is 6.10 Å². The Morgan fingerprint density at radius 3 is 2.74 bits per heavy atom. The molecule has 1 aliphatic rings. The van der Waals surface area contributed by atoms with E-state index in [1.54, 1.807) is 7.11 Å². The zero-order valence-electron chi connectivity index (χ0n) is 15.9. The highest BCUT2D eigenvalue weighted by molar-refractivity contribution is 7.55. The fourth-order valence-electron chi connectivity index (χ4n) is 3.26. The van der Waals surface area contributed by atoms with Crippen LogP contribution in [0.15, 0.2) is 66.8 Å². The summed E-state index contributed by atoms with van der Waals surface area (Å²) in [5.41, 5.74) is 2.28. The third kappa shape index (κ3) is 5.52. The first kappa shape index (κ1) is 19.8. The van der Waals surface area contributed by atoms with Crippen LogP contribution < -0.4 is 15.3 Å². The molecule has 3 nitrogen and oxygen atoms in total. The van der Waals surface area contributed by atoms with Gasteiger partial charge in [0.15, 0.2) is 6.79 Å². The van der Waals surface area contributed by atoms with E-state index in [0.29, 0.717) is 14.5 Å². The van der Waals surface area contributed by atoms with Crippen molar-refractivity contribution in [1.29, 1.82) is 0 Å². The molecule has 142 valence electrons. The number of aliphatic hydroxyl groups excluding tert-OH is 1. The number of aliphatic hydroxyl groups is 1. The average Bonchev–Trinajstić information content (AvgIpc) is 2.68. The normalized spacial score (nSPS) is 17.5. The fraction of sp³-hybridized carbons (Fsp3) is 0.304. The highest BCUT2D eigenvalue weighted by Gasteiger charge is 2.13. The minimum absolute atomic E-state index is 0.227. The van der Waals surface area contributed by atoms with Crippen molar-refractivity contribution < 1.29 is 14.6 Å². The van der Waals surface area contributed by atoms with Gasteiger partial charge in [-0.05, 0) is 54.2 Å². The average molecular weight is 382 g/mol. The van der Waals surface area contributed by atoms with Gasteiger partial charge in [-0.2, -0.15) is 0 Å². The lowest BCUT2D eigenvalue weighted by atomic mass is 9.93. The summed E-state index contributed by atoms with van der Waals surface area (Å²) in [5.74, 6) is 1.39. The van der Waals surface area contributed by atoms with Gasteiger partial charge in [-0.25, -0.2) is 0 Å². The van der Waals surface area contributed by atoms with Crippen LogP contribution in [-0.2, 0) is 11.2 Å². The van der Waals surface area contributed by atoms with Crippen LogP contribution in [0.25, 0.3) is 0 Å². The largest absolute Gasteiger partial charge is 0.467 e. The zero-order chi connectivity index (χ0) is 19.1. The maximum absolute atomic E-state index is 10.1. The summed E-state index contributed by atoms with van der Waals surface area (Å²) in [6.45, 7) is 2.04. The van der Waals surface area contributed by atoms with Crippen LogP contribution >= 0.6 is 8.58 Å². The minimum atomic E-state index is -0.487. The standard InChI is InChI=1S/C23H27O3P/c1-17(24)20-10-6-7-11-22(20)27-23-15-19(12-13-21(23)26-16-25-2)14-18-8-4-3-5-9-18/h3-8,10-13,15,17-18,24,27H,9,14,16H2,1-2H3. The number of hydrogen-bond acceptors (Lipinski definition) is 3. The summed E-state index contributed by atoms with van der Waals surface area (Å²) in [6, 6.07) is 14.5. The van der Waals surface area contributed by atoms with Gasteiger partial charge in [0.25, 0.3) is 0 Å². The van der Waals surface area contributed by atoms with Gasteiger partial charge >= 0.3 is 0 Å². The smallest absolute Gasteiger partial charge is 0.188 e. The number of allylic oxidation sites excluding steroid dienone is 4. The molecule has 1 aliphatic carbocycles. The van der Waals surface area contributed by atoms with Crippen LogP contribution in [0.2, 0.25) is 0 Å². The molecular formula is C23H27O3P. The molecule has 3 rings (SSSR count). The van der Waals surface area contributed by atoms with Crippen LogP contribution in [0, 0.1) is 5.92 Å². The number of ether oxygens (including phenoxy) is 2. The molecule has 0 aromatic heterocycles. The van der Waals surface area contributed by atoms with Gasteiger partial charge in [0.05, 0.1) is 6.10 Å². The molecule has 0 saturated heterocycles. The molecular weight excluding hydrogens is 355 g/mol. The Labute approximate surface area is 163 Å². The molecule has 0 radical (unpaired) electrons. The molecule has 0 bridgehead atoms. The Morgan fingerprint density at radius 2 is 2.00 bits per heavy atom. The van der Waals surface area contributed by atoms with Gasteiger partial charge in [-0.15, -0.1) is 0 Å². The maximum Gasteiger partial charge on any atom is 0.188 e. The minimum Gasteiger partial charge on any atom is -0.467 e. The van der Waals surface area contributed by atoms with Crippen molar-refractivity contribution in [3.63, 3.8) is 0 Å². The van der Waals surface area contributed by atoms with Crippen LogP contribution in [0.5, 0.6) is 5.75 Å². The molecule has 0 spiro atoms. The lowest BCUT2D eigenvalue weighted by molar-refractivity contribution is 0.0519. The van der Waals surface area contributed by atoms with E-state index in [4.69, 9.17) is 9.47 Å². The molecule has 1 N–H and O–H groups in total. The van der Waals surface area contributed by atoms with Crippen molar-refractivity contribution in [1.82, 2.24) is 0 Å². The van der Waals surface area contributed by atoms with E-state index >= 15 is 0 Å². The third-order valence-corrected chi connectivity index (χ3v) is 6.01. The van der Waals surface area contributed by atoms with Crippen LogP contribution in [0.4, 0.5) is 0 Å². The number of rotatable bonds is 8. The SMILES string of the molecule is COCOc1ccc(CC2C=CC=CC2)cc1Pc1ccccc1C(C)O. The molecule has 0 amide bonds. The Hall–Kier alpha value is -1.93. The van der Waals surface area contributed by atoms with Crippen molar-refractivity contribution in [2.45, 2.75) is 25.9 Å². The van der Waals surface area contributed by atoms with Crippen LogP contribution in [0.3, 0.4) is 0 Å². The van der Waals surface area contributed by atoms with E-state index in [0.717, 1.165) is 34.8 Å². The van der Waals surface area contributed by atoms with E-state index in [1.807, 2.05) is 31.2 Å². The molecule has 4 heteroatoms. The summed E-state index contributed by atoms with van der Waals surface area (Å²) in [4.78, 5) is 0. The highest BCUT2D eigenvalue weighted by Crippen LogP contribution is 2.26. The first-order chi connectivity index (χ1) is 13.2. The van der Waals surface area contributed by atoms with Crippen LogP contribution in [0.1, 0.15) is 30.6 Å². The topological polar surface area (TPSA) is 38.7 Å². The van der Waals surface area contributed by atoms with Crippen LogP contribution in [-0.4, -0.2) is 19.0 Å². The predicted molar refractivity (Wildman–Crippen MR) is 114 cm³/mol. The maximum atomic E-state index is 10.1. The summed E-state index contributed by atoms with van der Waals surface area (Å²) >= 11 is 0. The number of hydrogen-bond donors (Lipinski definition) is 1. The summed E-state index contributed by atoms with van der Waals surface area (Å²) in [6.07, 6.45) is 10.4. The van der Waals surface area contributed by atoms with Gasteiger partial charge in [0, 0.05) is 12.4 Å². The molecule has 0 saturated carbocycles. The second kappa shape index (κ2) is 9.85. The van der Waals surface area contributed by atoms with Gasteiger partial charge < -0.3 is 14.6 Å². The Bertz CT molecular complexity index is 811. The highest BCUT2D eigenvalue weighted by atomic mass is 31.1. The second-order valence-corrected chi connectivity index (χ2v) is 8.11. The summed E-state index contributed by atoms with van der Waals surface area (Å²) < 4.78 is 10.9. The van der Waals surface area contributed by atoms with Crippen molar-refractivity contribution >= 4 is 19.2 Å². The molecule has 27 heavy (non-hydrogen) atoms. The molecule has 0 heterocycles. The van der Waals surface area contributed by atoms with Gasteiger partial charge in [0.1, 0.15) is 5.75 Å². The first-order valence-electron chi connectivity index (χ1n) is 9.29. The Kier molecular flexibility index (Phi) is 7.23. The molecule has 0 aliphatic heterocycles. The van der Waals surface area contributed by atoms with Crippen molar-refractivity contribution in [3.8, 4) is 5.75 Å². The molecule has 2 aromatic rings. The Balaban J connectivity index is 1.87. The lowest BCUT2D eigenvalue weighted by Gasteiger charge is -2.18. The third-order valence-electron chi connectivity index (χ3n) is 4.62. The van der Waals surface area contributed by atoms with Gasteiger partial charge in [0.2, 0.25) is 0 Å². The van der Waals surface area contributed by atoms with E-state index in [9.17, 15) is 5.11 Å². The number of methoxy groups -OCH3 is 1. The zero-order valence-corrected chi connectivity index (χ0v) is 16.9. The predicted octanol–water partition coefficient (Wildman–Crippen LogP) is 4.03. The van der Waals surface area contributed by atoms with Crippen molar-refractivity contribution in [2.24, 2.45) is 5.92 Å². The van der Waals surface area contributed by atoms with Crippen molar-refractivity contribution in [2.75, 3.05) is 13.9 Å². The van der Waals surface area contributed by atoms with E-state index in [-0.39, 0.29) is 6.79 Å². The Morgan fingerprint density at radius 1 is 1.15 bits per heavy atom. The molecule has 0 fully saturated rings. The summed E-state index contributed by atoms with van der Waals surface area (Å²) in [7, 11) is 2.04. The fourth-order valence-corrected chi connectivity index (χ4v) is 4.70. The quantitative estimate of drug-likeness (QED) is 0.554. The second-order valence-electron chi connectivity index (χ2n) is 6.78. The lowest BCUT2D eigenvalue weighted by Crippen LogP contribution is -2.15. The first-order valence-corrected chi connectivity index (χ1v) is 10.3.